The Morgan fingerprint density at radius 2 is 2.04 bits per heavy atom. The Hall–Kier alpha value is -1.86. The van der Waals surface area contributed by atoms with Gasteiger partial charge < -0.3 is 9.84 Å². The van der Waals surface area contributed by atoms with Crippen LogP contribution in [0.5, 0.6) is 5.75 Å². The molecule has 5 nitrogen and oxygen atoms in total. The lowest BCUT2D eigenvalue weighted by atomic mass is 10.1. The van der Waals surface area contributed by atoms with Crippen LogP contribution in [0.4, 0.5) is 0 Å². The second kappa shape index (κ2) is 11.1. The van der Waals surface area contributed by atoms with Gasteiger partial charge in [-0.2, -0.15) is 0 Å². The maximum absolute atomic E-state index is 12.6. The molecule has 1 fully saturated rings. The first kappa shape index (κ1) is 21.4. The molecule has 0 bridgehead atoms. The number of unbranched alkanes of at least 4 members (excludes halogenated alkanes) is 3. The molecule has 27 heavy (non-hydrogen) atoms. The Bertz CT molecular complexity index is 718. The summed E-state index contributed by atoms with van der Waals surface area (Å²) in [6.07, 6.45) is 6.75. The van der Waals surface area contributed by atoms with Gasteiger partial charge in [-0.15, -0.1) is 0 Å². The zero-order valence-electron chi connectivity index (χ0n) is 15.5. The Labute approximate surface area is 169 Å². The minimum absolute atomic E-state index is 0.0187. The molecule has 1 amide bonds. The van der Waals surface area contributed by atoms with Crippen molar-refractivity contribution >= 4 is 46.3 Å². The highest BCUT2D eigenvalue weighted by molar-refractivity contribution is 8.26. The standard InChI is InChI=1S/C20H25NO4S2/c1-2-3-4-7-13-25-16-10-6-5-9-15(16)14-17-19(24)21(20(26)27-17)12-8-11-18(22)23/h5-6,9-10,14H,2-4,7-8,11-13H2,1H3,(H,22,23)/b17-14-. The smallest absolute Gasteiger partial charge is 0.303 e. The summed E-state index contributed by atoms with van der Waals surface area (Å²) < 4.78 is 6.36. The van der Waals surface area contributed by atoms with Gasteiger partial charge in [-0.05, 0) is 25.0 Å². The molecule has 0 spiro atoms. The third-order valence-corrected chi connectivity index (χ3v) is 5.48. The van der Waals surface area contributed by atoms with E-state index in [0.717, 1.165) is 24.2 Å². The van der Waals surface area contributed by atoms with Crippen molar-refractivity contribution in [3.8, 4) is 5.75 Å². The summed E-state index contributed by atoms with van der Waals surface area (Å²) in [7, 11) is 0. The molecule has 1 heterocycles. The maximum atomic E-state index is 12.6. The number of thiocarbonyl (C=S) groups is 1. The fraction of sp³-hybridized carbons (Fsp3) is 0.450. The van der Waals surface area contributed by atoms with Gasteiger partial charge in [0.1, 0.15) is 10.1 Å². The summed E-state index contributed by atoms with van der Waals surface area (Å²) in [5, 5.41) is 8.75. The van der Waals surface area contributed by atoms with Crippen LogP contribution < -0.4 is 4.74 Å². The van der Waals surface area contributed by atoms with E-state index in [1.165, 1.54) is 29.5 Å². The number of benzene rings is 1. The first-order valence-electron chi connectivity index (χ1n) is 9.22. The summed E-state index contributed by atoms with van der Waals surface area (Å²) in [4.78, 5) is 25.3. The number of hydrogen-bond acceptors (Lipinski definition) is 5. The SMILES string of the molecule is CCCCCCOc1ccccc1/C=C1\SC(=S)N(CCCC(=O)O)C1=O. The van der Waals surface area contributed by atoms with E-state index < -0.39 is 5.97 Å². The normalized spacial score (nSPS) is 15.6. The average Bonchev–Trinajstić information content (AvgIpc) is 2.90. The minimum atomic E-state index is -0.874. The van der Waals surface area contributed by atoms with Crippen LogP contribution in [0.25, 0.3) is 6.08 Å². The number of thioether (sulfide) groups is 1. The third kappa shape index (κ3) is 6.66. The van der Waals surface area contributed by atoms with Gasteiger partial charge >= 0.3 is 5.97 Å². The van der Waals surface area contributed by atoms with E-state index in [1.54, 1.807) is 6.08 Å². The molecule has 0 aliphatic carbocycles. The number of ether oxygens (including phenoxy) is 1. The van der Waals surface area contributed by atoms with Gasteiger partial charge in [-0.3, -0.25) is 14.5 Å². The minimum Gasteiger partial charge on any atom is -0.493 e. The molecule has 0 radical (unpaired) electrons. The summed E-state index contributed by atoms with van der Waals surface area (Å²) in [6, 6.07) is 7.64. The van der Waals surface area contributed by atoms with Crippen molar-refractivity contribution in [1.82, 2.24) is 4.90 Å². The Balaban J connectivity index is 2.02. The summed E-state index contributed by atoms with van der Waals surface area (Å²) in [6.45, 7) is 3.15. The number of carbonyl (C=O) groups excluding carboxylic acids is 1. The summed E-state index contributed by atoms with van der Waals surface area (Å²) in [5.74, 6) is -0.292. The highest BCUT2D eigenvalue weighted by Crippen LogP contribution is 2.34. The van der Waals surface area contributed by atoms with Gasteiger partial charge in [-0.25, -0.2) is 0 Å². The van der Waals surface area contributed by atoms with Crippen LogP contribution in [0.2, 0.25) is 0 Å². The second-order valence-electron chi connectivity index (χ2n) is 6.28. The number of aliphatic carboxylic acids is 1. The van der Waals surface area contributed by atoms with E-state index in [0.29, 0.717) is 28.8 Å². The molecule has 7 heteroatoms. The van der Waals surface area contributed by atoms with Crippen molar-refractivity contribution in [3.05, 3.63) is 34.7 Å². The molecule has 1 aliphatic rings. The fourth-order valence-electron chi connectivity index (χ4n) is 2.66. The molecular weight excluding hydrogens is 382 g/mol. The van der Waals surface area contributed by atoms with E-state index in [9.17, 15) is 9.59 Å². The molecule has 0 aromatic heterocycles. The van der Waals surface area contributed by atoms with E-state index in [4.69, 9.17) is 22.1 Å². The van der Waals surface area contributed by atoms with Gasteiger partial charge in [0.15, 0.2) is 0 Å². The summed E-state index contributed by atoms with van der Waals surface area (Å²) >= 11 is 6.53. The number of carboxylic acid groups (broad SMARTS) is 1. The average molecular weight is 408 g/mol. The number of amides is 1. The number of para-hydroxylation sites is 1. The number of hydrogen-bond donors (Lipinski definition) is 1. The monoisotopic (exact) mass is 407 g/mol. The summed E-state index contributed by atoms with van der Waals surface area (Å²) in [5.41, 5.74) is 0.846. The molecule has 1 aromatic rings. The Morgan fingerprint density at radius 1 is 1.26 bits per heavy atom. The van der Waals surface area contributed by atoms with Crippen molar-refractivity contribution in [2.45, 2.75) is 45.4 Å². The van der Waals surface area contributed by atoms with Crippen LogP contribution in [0.1, 0.15) is 51.0 Å². The highest BCUT2D eigenvalue weighted by Gasteiger charge is 2.31. The van der Waals surface area contributed by atoms with Crippen LogP contribution in [0.15, 0.2) is 29.2 Å². The van der Waals surface area contributed by atoms with Crippen molar-refractivity contribution < 1.29 is 19.4 Å². The topological polar surface area (TPSA) is 66.8 Å². The molecule has 0 atom stereocenters. The van der Waals surface area contributed by atoms with E-state index >= 15 is 0 Å². The second-order valence-corrected chi connectivity index (χ2v) is 7.95. The quantitative estimate of drug-likeness (QED) is 0.325. The molecule has 0 saturated carbocycles. The van der Waals surface area contributed by atoms with Gasteiger partial charge in [0.05, 0.1) is 11.5 Å². The molecule has 1 aliphatic heterocycles. The van der Waals surface area contributed by atoms with Crippen LogP contribution in [0.3, 0.4) is 0 Å². The van der Waals surface area contributed by atoms with Crippen LogP contribution in [-0.2, 0) is 9.59 Å². The van der Waals surface area contributed by atoms with E-state index in [2.05, 4.69) is 6.92 Å². The van der Waals surface area contributed by atoms with Gasteiger partial charge in [0.2, 0.25) is 0 Å². The van der Waals surface area contributed by atoms with Crippen molar-refractivity contribution in [2.75, 3.05) is 13.2 Å². The van der Waals surface area contributed by atoms with E-state index in [-0.39, 0.29) is 12.3 Å². The fourth-order valence-corrected chi connectivity index (χ4v) is 3.96. The van der Waals surface area contributed by atoms with Crippen molar-refractivity contribution in [2.24, 2.45) is 0 Å². The van der Waals surface area contributed by atoms with Gasteiger partial charge in [0.25, 0.3) is 5.91 Å². The lowest BCUT2D eigenvalue weighted by molar-refractivity contribution is -0.137. The van der Waals surface area contributed by atoms with E-state index in [1.807, 2.05) is 24.3 Å². The van der Waals surface area contributed by atoms with Gasteiger partial charge in [0, 0.05) is 18.5 Å². The van der Waals surface area contributed by atoms with Crippen molar-refractivity contribution in [1.29, 1.82) is 0 Å². The molecule has 146 valence electrons. The van der Waals surface area contributed by atoms with Crippen LogP contribution in [-0.4, -0.2) is 39.4 Å². The molecule has 1 saturated heterocycles. The Morgan fingerprint density at radius 3 is 2.78 bits per heavy atom. The number of nitrogens with zero attached hydrogens (tertiary/aromatic N) is 1. The predicted molar refractivity (Wildman–Crippen MR) is 113 cm³/mol. The van der Waals surface area contributed by atoms with Crippen LogP contribution in [0, 0.1) is 0 Å². The zero-order chi connectivity index (χ0) is 19.6. The lowest BCUT2D eigenvalue weighted by Gasteiger charge is -2.13. The first-order chi connectivity index (χ1) is 13.0. The molecule has 1 N–H and O–H groups in total. The molecule has 0 unspecified atom stereocenters. The van der Waals surface area contributed by atoms with Gasteiger partial charge in [-0.1, -0.05) is 68.4 Å². The highest BCUT2D eigenvalue weighted by atomic mass is 32.2. The number of carbonyl (C=O) groups is 2. The largest absolute Gasteiger partial charge is 0.493 e. The lowest BCUT2D eigenvalue weighted by Crippen LogP contribution is -2.29. The van der Waals surface area contributed by atoms with Crippen molar-refractivity contribution in [3.63, 3.8) is 0 Å². The predicted octanol–water partition coefficient (Wildman–Crippen LogP) is 4.71. The molecular formula is C20H25NO4S2. The number of carboxylic acids is 1. The molecule has 1 aromatic carbocycles. The Kier molecular flexibility index (Phi) is 8.81. The zero-order valence-corrected chi connectivity index (χ0v) is 17.1. The molecule has 2 rings (SSSR count). The van der Waals surface area contributed by atoms with Crippen LogP contribution >= 0.6 is 24.0 Å². The third-order valence-electron chi connectivity index (χ3n) is 4.11. The number of rotatable bonds is 11. The maximum Gasteiger partial charge on any atom is 0.303 e. The first-order valence-corrected chi connectivity index (χ1v) is 10.4.